The van der Waals surface area contributed by atoms with E-state index >= 15 is 0 Å². The average molecular weight is 462 g/mol. The summed E-state index contributed by atoms with van der Waals surface area (Å²) in [5.74, 6) is -0.0553. The lowest BCUT2D eigenvalue weighted by molar-refractivity contribution is -0.132. The van der Waals surface area contributed by atoms with E-state index in [9.17, 15) is 9.59 Å². The van der Waals surface area contributed by atoms with Gasteiger partial charge in [-0.1, -0.05) is 29.8 Å². The van der Waals surface area contributed by atoms with Gasteiger partial charge in [0.05, 0.1) is 22.3 Å². The number of nitrogens with zero attached hydrogens (tertiary/aromatic N) is 5. The van der Waals surface area contributed by atoms with E-state index in [0.29, 0.717) is 29.2 Å². The number of anilines is 1. The molecule has 1 amide bonds. The van der Waals surface area contributed by atoms with Crippen molar-refractivity contribution in [1.82, 2.24) is 19.2 Å². The second kappa shape index (κ2) is 8.75. The van der Waals surface area contributed by atoms with Crippen molar-refractivity contribution in [3.05, 3.63) is 87.9 Å². The summed E-state index contributed by atoms with van der Waals surface area (Å²) in [4.78, 5) is 30.2. The molecule has 1 fully saturated rings. The number of carbonyl (C=O) groups excluding carboxylic acids is 1. The Morgan fingerprint density at radius 2 is 1.64 bits per heavy atom. The summed E-state index contributed by atoms with van der Waals surface area (Å²) in [7, 11) is 0. The van der Waals surface area contributed by atoms with Gasteiger partial charge in [-0.25, -0.2) is 4.68 Å². The van der Waals surface area contributed by atoms with Crippen molar-refractivity contribution in [3.8, 4) is 5.69 Å². The molecule has 1 saturated heterocycles. The number of halogens is 1. The maximum absolute atomic E-state index is 13.2. The zero-order chi connectivity index (χ0) is 22.9. The Labute approximate surface area is 196 Å². The topological polar surface area (TPSA) is 63.4 Å². The van der Waals surface area contributed by atoms with E-state index in [0.717, 1.165) is 30.0 Å². The minimum absolute atomic E-state index is 0.0195. The fourth-order valence-corrected chi connectivity index (χ4v) is 4.46. The number of aryl methyl sites for hydroxylation is 1. The first-order chi connectivity index (χ1) is 16.0. The highest BCUT2D eigenvalue weighted by Crippen LogP contribution is 2.20. The zero-order valence-corrected chi connectivity index (χ0v) is 19.1. The first-order valence-corrected chi connectivity index (χ1v) is 11.3. The molecule has 1 aliphatic heterocycles. The molecule has 8 heteroatoms. The summed E-state index contributed by atoms with van der Waals surface area (Å²) in [6, 6.07) is 19.3. The Morgan fingerprint density at radius 1 is 0.939 bits per heavy atom. The Balaban J connectivity index is 1.32. The van der Waals surface area contributed by atoms with Crippen LogP contribution in [0.4, 0.5) is 5.69 Å². The Bertz CT molecular complexity index is 1350. The number of benzene rings is 2. The molecular formula is C25H24ClN5O2. The van der Waals surface area contributed by atoms with Gasteiger partial charge in [0.25, 0.3) is 5.56 Å². The van der Waals surface area contributed by atoms with Crippen molar-refractivity contribution in [2.75, 3.05) is 31.1 Å². The second-order valence-corrected chi connectivity index (χ2v) is 8.62. The van der Waals surface area contributed by atoms with Crippen LogP contribution < -0.4 is 10.5 Å². The average Bonchev–Trinajstić information content (AvgIpc) is 3.19. The summed E-state index contributed by atoms with van der Waals surface area (Å²) < 4.78 is 3.26. The number of amides is 1. The Morgan fingerprint density at radius 3 is 2.33 bits per heavy atom. The van der Waals surface area contributed by atoms with Gasteiger partial charge < -0.3 is 14.4 Å². The number of hydrogen-bond acceptors (Lipinski definition) is 4. The number of hydrogen-bond donors (Lipinski definition) is 0. The predicted octanol–water partition coefficient (Wildman–Crippen LogP) is 3.50. The van der Waals surface area contributed by atoms with Crippen molar-refractivity contribution in [2.45, 2.75) is 13.5 Å². The van der Waals surface area contributed by atoms with Gasteiger partial charge in [-0.3, -0.25) is 9.59 Å². The molecule has 7 nitrogen and oxygen atoms in total. The van der Waals surface area contributed by atoms with Gasteiger partial charge in [0.15, 0.2) is 0 Å². The van der Waals surface area contributed by atoms with E-state index in [1.54, 1.807) is 10.9 Å². The predicted molar refractivity (Wildman–Crippen MR) is 130 cm³/mol. The fourth-order valence-electron chi connectivity index (χ4n) is 4.34. The fraction of sp³-hybridized carbons (Fsp3) is 0.240. The van der Waals surface area contributed by atoms with Gasteiger partial charge in [-0.2, -0.15) is 5.10 Å². The van der Waals surface area contributed by atoms with E-state index < -0.39 is 0 Å². The van der Waals surface area contributed by atoms with Crippen LogP contribution in [0.25, 0.3) is 16.6 Å². The molecule has 0 atom stereocenters. The van der Waals surface area contributed by atoms with Gasteiger partial charge in [0.1, 0.15) is 6.54 Å². The highest BCUT2D eigenvalue weighted by atomic mass is 35.5. The summed E-state index contributed by atoms with van der Waals surface area (Å²) in [5, 5.41) is 5.82. The van der Waals surface area contributed by atoms with E-state index in [-0.39, 0.29) is 18.0 Å². The highest BCUT2D eigenvalue weighted by molar-refractivity contribution is 6.30. The molecule has 0 saturated carbocycles. The number of piperazine rings is 1. The van der Waals surface area contributed by atoms with Crippen LogP contribution in [0.15, 0.2) is 71.7 Å². The maximum atomic E-state index is 13.2. The zero-order valence-electron chi connectivity index (χ0n) is 18.3. The lowest BCUT2D eigenvalue weighted by Gasteiger charge is -2.36. The van der Waals surface area contributed by atoms with Crippen LogP contribution in [0.1, 0.15) is 5.69 Å². The third-order valence-corrected chi connectivity index (χ3v) is 6.37. The van der Waals surface area contributed by atoms with Crippen LogP contribution in [-0.2, 0) is 11.3 Å². The first-order valence-electron chi connectivity index (χ1n) is 10.9. The smallest absolute Gasteiger partial charge is 0.262 e. The summed E-state index contributed by atoms with van der Waals surface area (Å²) in [6.07, 6.45) is 1.69. The number of rotatable bonds is 4. The molecule has 0 radical (unpaired) electrons. The standard InChI is InChI=1S/C25H24ClN5O2/c1-18-24-22(31(27-18)21-5-3-2-4-6-21)11-12-30(25(24)33)17-23(32)29-15-13-28(14-16-29)20-9-7-19(26)8-10-20/h2-12H,13-17H2,1H3. The minimum atomic E-state index is -0.194. The van der Waals surface area contributed by atoms with Crippen molar-refractivity contribution >= 4 is 34.1 Å². The van der Waals surface area contributed by atoms with Crippen molar-refractivity contribution in [3.63, 3.8) is 0 Å². The Kier molecular flexibility index (Phi) is 5.64. The highest BCUT2D eigenvalue weighted by Gasteiger charge is 2.22. The van der Waals surface area contributed by atoms with E-state index in [1.807, 2.05) is 72.5 Å². The molecule has 2 aromatic heterocycles. The van der Waals surface area contributed by atoms with Gasteiger partial charge in [0, 0.05) is 43.1 Å². The summed E-state index contributed by atoms with van der Waals surface area (Å²) >= 11 is 5.98. The molecule has 168 valence electrons. The number of carbonyl (C=O) groups is 1. The Hall–Kier alpha value is -3.58. The van der Waals surface area contributed by atoms with Crippen molar-refractivity contribution in [1.29, 1.82) is 0 Å². The quantitative estimate of drug-likeness (QED) is 0.466. The van der Waals surface area contributed by atoms with Crippen LogP contribution in [0, 0.1) is 6.92 Å². The third kappa shape index (κ3) is 4.12. The molecule has 1 aliphatic rings. The molecule has 0 unspecified atom stereocenters. The van der Waals surface area contributed by atoms with Crippen LogP contribution in [0.3, 0.4) is 0 Å². The van der Waals surface area contributed by atoms with Crippen LogP contribution in [0.5, 0.6) is 0 Å². The van der Waals surface area contributed by atoms with E-state index in [4.69, 9.17) is 11.6 Å². The summed E-state index contributed by atoms with van der Waals surface area (Å²) in [5.41, 5.74) is 3.18. The maximum Gasteiger partial charge on any atom is 0.262 e. The lowest BCUT2D eigenvalue weighted by Crippen LogP contribution is -2.50. The van der Waals surface area contributed by atoms with Crippen LogP contribution in [0.2, 0.25) is 5.02 Å². The molecule has 0 bridgehead atoms. The molecule has 5 rings (SSSR count). The first kappa shape index (κ1) is 21.3. The van der Waals surface area contributed by atoms with Crippen LogP contribution in [-0.4, -0.2) is 51.3 Å². The molecule has 0 aliphatic carbocycles. The van der Waals surface area contributed by atoms with Crippen LogP contribution >= 0.6 is 11.6 Å². The lowest BCUT2D eigenvalue weighted by atomic mass is 10.2. The van der Waals surface area contributed by atoms with Gasteiger partial charge in [0.2, 0.25) is 5.91 Å². The third-order valence-electron chi connectivity index (χ3n) is 6.11. The molecule has 0 N–H and O–H groups in total. The molecule has 3 heterocycles. The number of aromatic nitrogens is 3. The second-order valence-electron chi connectivity index (χ2n) is 8.19. The van der Waals surface area contributed by atoms with Crippen molar-refractivity contribution < 1.29 is 4.79 Å². The molecule has 0 spiro atoms. The monoisotopic (exact) mass is 461 g/mol. The van der Waals surface area contributed by atoms with E-state index in [2.05, 4.69) is 10.00 Å². The minimum Gasteiger partial charge on any atom is -0.368 e. The van der Waals surface area contributed by atoms with E-state index in [1.165, 1.54) is 4.57 Å². The number of fused-ring (bicyclic) bond motifs is 1. The normalized spacial score (nSPS) is 14.1. The molecule has 33 heavy (non-hydrogen) atoms. The molecule has 2 aromatic carbocycles. The number of pyridine rings is 1. The van der Waals surface area contributed by atoms with Crippen molar-refractivity contribution in [2.24, 2.45) is 0 Å². The van der Waals surface area contributed by atoms with Gasteiger partial charge in [-0.05, 0) is 49.4 Å². The summed E-state index contributed by atoms with van der Waals surface area (Å²) in [6.45, 7) is 4.55. The molecule has 4 aromatic rings. The van der Waals surface area contributed by atoms with Gasteiger partial charge in [-0.15, -0.1) is 0 Å². The van der Waals surface area contributed by atoms with Gasteiger partial charge >= 0.3 is 0 Å². The molecular weight excluding hydrogens is 438 g/mol. The SMILES string of the molecule is Cc1nn(-c2ccccc2)c2ccn(CC(=O)N3CCN(c4ccc(Cl)cc4)CC3)c(=O)c12. The number of para-hydroxylation sites is 1. The largest absolute Gasteiger partial charge is 0.368 e.